The molecular formula is C15H17ClN2O2. The van der Waals surface area contributed by atoms with Crippen molar-refractivity contribution in [3.8, 4) is 0 Å². The third kappa shape index (κ3) is 3.26. The molecule has 4 nitrogen and oxygen atoms in total. The number of fused-ring (bicyclic) bond motifs is 1. The molecule has 0 atom stereocenters. The summed E-state index contributed by atoms with van der Waals surface area (Å²) in [6, 6.07) is 8.91. The molecule has 0 radical (unpaired) electrons. The summed E-state index contributed by atoms with van der Waals surface area (Å²) >= 11 is 5.97. The third-order valence-corrected chi connectivity index (χ3v) is 3.08. The summed E-state index contributed by atoms with van der Waals surface area (Å²) in [5.74, 6) is -0.187. The van der Waals surface area contributed by atoms with E-state index in [1.54, 1.807) is 27.0 Å². The lowest BCUT2D eigenvalue weighted by Gasteiger charge is -2.26. The van der Waals surface area contributed by atoms with Gasteiger partial charge < -0.3 is 10.0 Å². The maximum Gasteiger partial charge on any atom is 0.254 e. The minimum absolute atomic E-state index is 0.187. The minimum Gasteiger partial charge on any atom is -0.389 e. The Balaban J connectivity index is 2.44. The zero-order valence-corrected chi connectivity index (χ0v) is 12.5. The lowest BCUT2D eigenvalue weighted by molar-refractivity contribution is 0.0369. The number of pyridine rings is 1. The van der Waals surface area contributed by atoms with Crippen molar-refractivity contribution < 1.29 is 9.90 Å². The fraction of sp³-hybridized carbons (Fsp3) is 0.333. The number of nitrogens with zero attached hydrogens (tertiary/aromatic N) is 2. The van der Waals surface area contributed by atoms with Crippen molar-refractivity contribution in [1.82, 2.24) is 9.88 Å². The first-order valence-electron chi connectivity index (χ1n) is 6.31. The van der Waals surface area contributed by atoms with E-state index >= 15 is 0 Å². The summed E-state index contributed by atoms with van der Waals surface area (Å²) < 4.78 is 0. The number of rotatable bonds is 3. The van der Waals surface area contributed by atoms with Gasteiger partial charge in [0.2, 0.25) is 0 Å². The second-order valence-electron chi connectivity index (χ2n) is 5.48. The minimum atomic E-state index is -0.947. The van der Waals surface area contributed by atoms with E-state index in [-0.39, 0.29) is 17.6 Å². The number of likely N-dealkylation sites (N-methyl/N-ethyl adjacent to an activating group) is 1. The highest BCUT2D eigenvalue weighted by atomic mass is 35.5. The van der Waals surface area contributed by atoms with E-state index in [1.807, 2.05) is 24.3 Å². The van der Waals surface area contributed by atoms with Crippen LogP contribution in [-0.2, 0) is 0 Å². The van der Waals surface area contributed by atoms with Gasteiger partial charge in [-0.05, 0) is 26.0 Å². The molecule has 5 heteroatoms. The zero-order chi connectivity index (χ0) is 14.9. The largest absolute Gasteiger partial charge is 0.389 e. The van der Waals surface area contributed by atoms with Crippen molar-refractivity contribution in [3.05, 3.63) is 41.0 Å². The molecule has 0 bridgehead atoms. The predicted octanol–water partition coefficient (Wildman–Crippen LogP) is 2.73. The average Bonchev–Trinajstić information content (AvgIpc) is 2.34. The van der Waals surface area contributed by atoms with Crippen molar-refractivity contribution in [2.24, 2.45) is 0 Å². The number of benzene rings is 1. The van der Waals surface area contributed by atoms with E-state index in [0.717, 1.165) is 5.39 Å². The van der Waals surface area contributed by atoms with Crippen LogP contribution in [0.4, 0.5) is 0 Å². The van der Waals surface area contributed by atoms with E-state index in [9.17, 15) is 9.90 Å². The Morgan fingerprint density at radius 2 is 2.05 bits per heavy atom. The van der Waals surface area contributed by atoms with Crippen molar-refractivity contribution >= 4 is 28.4 Å². The molecule has 0 spiro atoms. The first-order valence-corrected chi connectivity index (χ1v) is 6.69. The van der Waals surface area contributed by atoms with E-state index in [0.29, 0.717) is 11.1 Å². The fourth-order valence-electron chi connectivity index (χ4n) is 2.18. The lowest BCUT2D eigenvalue weighted by atomic mass is 10.1. The molecule has 0 saturated heterocycles. The number of amides is 1. The van der Waals surface area contributed by atoms with Crippen LogP contribution in [0.25, 0.3) is 10.9 Å². The molecule has 1 heterocycles. The van der Waals surface area contributed by atoms with Gasteiger partial charge in [-0.25, -0.2) is 4.98 Å². The molecule has 0 fully saturated rings. The molecule has 0 aliphatic heterocycles. The number of hydrogen-bond donors (Lipinski definition) is 1. The van der Waals surface area contributed by atoms with Crippen LogP contribution in [0.1, 0.15) is 24.2 Å². The second kappa shape index (κ2) is 5.38. The van der Waals surface area contributed by atoms with Crippen LogP contribution < -0.4 is 0 Å². The predicted molar refractivity (Wildman–Crippen MR) is 80.0 cm³/mol. The van der Waals surface area contributed by atoms with Crippen LogP contribution >= 0.6 is 11.6 Å². The first kappa shape index (κ1) is 14.8. The van der Waals surface area contributed by atoms with Gasteiger partial charge in [-0.15, -0.1) is 0 Å². The Kier molecular flexibility index (Phi) is 3.97. The van der Waals surface area contributed by atoms with Gasteiger partial charge in [-0.2, -0.15) is 0 Å². The fourth-order valence-corrected chi connectivity index (χ4v) is 2.38. The average molecular weight is 293 g/mol. The number of hydrogen-bond acceptors (Lipinski definition) is 3. The summed E-state index contributed by atoms with van der Waals surface area (Å²) in [4.78, 5) is 18.2. The van der Waals surface area contributed by atoms with Crippen LogP contribution in [0.3, 0.4) is 0 Å². The third-order valence-electron chi connectivity index (χ3n) is 2.89. The summed E-state index contributed by atoms with van der Waals surface area (Å²) in [7, 11) is 1.66. The molecular weight excluding hydrogens is 276 g/mol. The van der Waals surface area contributed by atoms with Crippen molar-refractivity contribution in [1.29, 1.82) is 0 Å². The quantitative estimate of drug-likeness (QED) is 0.885. The number of carbonyl (C=O) groups excluding carboxylic acids is 1. The molecule has 0 unspecified atom stereocenters. The van der Waals surface area contributed by atoms with E-state index in [2.05, 4.69) is 4.98 Å². The molecule has 2 rings (SSSR count). The van der Waals surface area contributed by atoms with Gasteiger partial charge in [0.25, 0.3) is 5.91 Å². The zero-order valence-electron chi connectivity index (χ0n) is 11.7. The maximum atomic E-state index is 12.5. The Labute approximate surface area is 123 Å². The molecule has 1 amide bonds. The van der Waals surface area contributed by atoms with E-state index < -0.39 is 5.60 Å². The van der Waals surface area contributed by atoms with Crippen molar-refractivity contribution in [2.45, 2.75) is 19.4 Å². The first-order chi connectivity index (χ1) is 9.28. The molecule has 0 aliphatic rings. The number of para-hydroxylation sites is 1. The highest BCUT2D eigenvalue weighted by Gasteiger charge is 2.22. The highest BCUT2D eigenvalue weighted by Crippen LogP contribution is 2.22. The highest BCUT2D eigenvalue weighted by molar-refractivity contribution is 6.30. The molecule has 2 aromatic rings. The number of halogens is 1. The number of aromatic nitrogens is 1. The number of aliphatic hydroxyl groups is 1. The van der Waals surface area contributed by atoms with E-state index in [1.165, 1.54) is 4.90 Å². The lowest BCUT2D eigenvalue weighted by Crippen LogP contribution is -2.39. The van der Waals surface area contributed by atoms with Crippen molar-refractivity contribution in [2.75, 3.05) is 13.6 Å². The summed E-state index contributed by atoms with van der Waals surface area (Å²) in [6.07, 6.45) is 0. The molecule has 1 N–H and O–H groups in total. The molecule has 1 aromatic heterocycles. The van der Waals surface area contributed by atoms with Gasteiger partial charge in [0.05, 0.1) is 16.7 Å². The van der Waals surface area contributed by atoms with Gasteiger partial charge >= 0.3 is 0 Å². The monoisotopic (exact) mass is 292 g/mol. The maximum absolute atomic E-state index is 12.5. The molecule has 0 saturated carbocycles. The van der Waals surface area contributed by atoms with Crippen LogP contribution in [0.5, 0.6) is 0 Å². The summed E-state index contributed by atoms with van der Waals surface area (Å²) in [5.41, 5.74) is 0.226. The second-order valence-corrected chi connectivity index (χ2v) is 5.87. The molecule has 20 heavy (non-hydrogen) atoms. The molecule has 106 valence electrons. The van der Waals surface area contributed by atoms with Crippen LogP contribution in [0.2, 0.25) is 5.15 Å². The van der Waals surface area contributed by atoms with Crippen molar-refractivity contribution in [3.63, 3.8) is 0 Å². The Bertz CT molecular complexity index is 650. The molecule has 0 aliphatic carbocycles. The SMILES string of the molecule is CN(CC(C)(C)O)C(=O)c1cc(Cl)nc2ccccc12. The molecule has 1 aromatic carbocycles. The smallest absolute Gasteiger partial charge is 0.254 e. The van der Waals surface area contributed by atoms with Crippen LogP contribution in [0.15, 0.2) is 30.3 Å². The van der Waals surface area contributed by atoms with Gasteiger partial charge in [-0.3, -0.25) is 4.79 Å². The van der Waals surface area contributed by atoms with Gasteiger partial charge in [0, 0.05) is 19.0 Å². The Morgan fingerprint density at radius 1 is 1.40 bits per heavy atom. The van der Waals surface area contributed by atoms with Crippen LogP contribution in [-0.4, -0.2) is 40.1 Å². The standard InChI is InChI=1S/C15H17ClN2O2/c1-15(2,20)9-18(3)14(19)11-8-13(16)17-12-7-5-4-6-10(11)12/h4-8,20H,9H2,1-3H3. The van der Waals surface area contributed by atoms with Gasteiger partial charge in [-0.1, -0.05) is 29.8 Å². The summed E-state index contributed by atoms with van der Waals surface area (Å²) in [6.45, 7) is 3.56. The number of carbonyl (C=O) groups is 1. The van der Waals surface area contributed by atoms with Gasteiger partial charge in [0.15, 0.2) is 0 Å². The van der Waals surface area contributed by atoms with Crippen LogP contribution in [0, 0.1) is 0 Å². The Morgan fingerprint density at radius 3 is 2.70 bits per heavy atom. The normalized spacial score (nSPS) is 11.7. The Hall–Kier alpha value is -1.65. The van der Waals surface area contributed by atoms with E-state index in [4.69, 9.17) is 11.6 Å². The summed E-state index contributed by atoms with van der Waals surface area (Å²) in [5, 5.41) is 10.9. The van der Waals surface area contributed by atoms with Gasteiger partial charge in [0.1, 0.15) is 5.15 Å². The topological polar surface area (TPSA) is 53.4 Å².